The van der Waals surface area contributed by atoms with Crippen molar-refractivity contribution in [2.75, 3.05) is 13.4 Å². The predicted octanol–water partition coefficient (Wildman–Crippen LogP) is 2.35. The number of allylic oxidation sites excluding steroid dienone is 1. The Kier molecular flexibility index (Phi) is 7.52. The van der Waals surface area contributed by atoms with Gasteiger partial charge in [-0.05, 0) is 20.3 Å². The minimum absolute atomic E-state index is 0.164. The molecule has 0 fully saturated rings. The predicted molar refractivity (Wildman–Crippen MR) is 46.5 cm³/mol. The second-order valence-corrected chi connectivity index (χ2v) is 2.42. The molecule has 0 aliphatic heterocycles. The number of ether oxygens (including phenoxy) is 2. The van der Waals surface area contributed by atoms with Crippen LogP contribution in [-0.2, 0) is 9.47 Å². The summed E-state index contributed by atoms with van der Waals surface area (Å²) >= 11 is 0. The lowest BCUT2D eigenvalue weighted by molar-refractivity contribution is -0.0701. The third kappa shape index (κ3) is 7.56. The van der Waals surface area contributed by atoms with E-state index >= 15 is 0 Å². The van der Waals surface area contributed by atoms with Crippen LogP contribution in [0.25, 0.3) is 0 Å². The van der Waals surface area contributed by atoms with Crippen molar-refractivity contribution in [3.63, 3.8) is 0 Å². The Bertz CT molecular complexity index is 99.7. The zero-order chi connectivity index (χ0) is 8.53. The van der Waals surface area contributed by atoms with E-state index in [1.165, 1.54) is 0 Å². The first-order valence-electron chi connectivity index (χ1n) is 4.13. The zero-order valence-electron chi connectivity index (χ0n) is 7.67. The monoisotopic (exact) mass is 158 g/mol. The molecule has 0 spiro atoms. The highest BCUT2D eigenvalue weighted by atomic mass is 16.7. The maximum absolute atomic E-state index is 5.28. The van der Waals surface area contributed by atoms with Gasteiger partial charge in [0.25, 0.3) is 0 Å². The molecule has 0 aromatic heterocycles. The molecule has 0 radical (unpaired) electrons. The molecule has 0 saturated heterocycles. The van der Waals surface area contributed by atoms with Crippen LogP contribution in [-0.4, -0.2) is 19.5 Å². The van der Waals surface area contributed by atoms with E-state index < -0.39 is 0 Å². The Morgan fingerprint density at radius 2 is 2.18 bits per heavy atom. The van der Waals surface area contributed by atoms with Crippen molar-refractivity contribution in [2.24, 2.45) is 0 Å². The van der Waals surface area contributed by atoms with Crippen LogP contribution in [0.2, 0.25) is 0 Å². The Balaban J connectivity index is 3.10. The highest BCUT2D eigenvalue weighted by Crippen LogP contribution is 1.93. The standard InChI is InChI=1S/C9H18O2/c1-4-6-9(3)11-8-10-7-5-2/h4,6,9H,5,7-8H2,1-3H3. The van der Waals surface area contributed by atoms with Crippen molar-refractivity contribution in [2.45, 2.75) is 33.3 Å². The van der Waals surface area contributed by atoms with Crippen molar-refractivity contribution in [1.82, 2.24) is 0 Å². The molecule has 1 atom stereocenters. The SMILES string of the molecule is CC=CC(C)OCOCCC. The van der Waals surface area contributed by atoms with Crippen LogP contribution in [0.1, 0.15) is 27.2 Å². The van der Waals surface area contributed by atoms with Crippen LogP contribution in [0.5, 0.6) is 0 Å². The third-order valence-corrected chi connectivity index (χ3v) is 1.23. The Labute approximate surface area is 69.2 Å². The van der Waals surface area contributed by atoms with Gasteiger partial charge in [0.05, 0.1) is 6.10 Å². The van der Waals surface area contributed by atoms with E-state index in [1.807, 2.05) is 26.0 Å². The summed E-state index contributed by atoms with van der Waals surface area (Å²) < 4.78 is 10.4. The van der Waals surface area contributed by atoms with Gasteiger partial charge in [-0.25, -0.2) is 0 Å². The average molecular weight is 158 g/mol. The molecule has 0 N–H and O–H groups in total. The summed E-state index contributed by atoms with van der Waals surface area (Å²) in [7, 11) is 0. The topological polar surface area (TPSA) is 18.5 Å². The highest BCUT2D eigenvalue weighted by Gasteiger charge is 1.93. The fraction of sp³-hybridized carbons (Fsp3) is 0.778. The first-order valence-corrected chi connectivity index (χ1v) is 4.13. The molecular formula is C9H18O2. The molecule has 2 heteroatoms. The number of hydrogen-bond donors (Lipinski definition) is 0. The minimum Gasteiger partial charge on any atom is -0.355 e. The molecule has 11 heavy (non-hydrogen) atoms. The normalized spacial score (nSPS) is 14.1. The van der Waals surface area contributed by atoms with Gasteiger partial charge < -0.3 is 9.47 Å². The molecular weight excluding hydrogens is 140 g/mol. The van der Waals surface area contributed by atoms with E-state index in [0.29, 0.717) is 6.79 Å². The summed E-state index contributed by atoms with van der Waals surface area (Å²) in [4.78, 5) is 0. The summed E-state index contributed by atoms with van der Waals surface area (Å²) in [5, 5.41) is 0. The van der Waals surface area contributed by atoms with E-state index in [4.69, 9.17) is 9.47 Å². The van der Waals surface area contributed by atoms with Crippen molar-refractivity contribution in [1.29, 1.82) is 0 Å². The van der Waals surface area contributed by atoms with Gasteiger partial charge in [0.15, 0.2) is 0 Å². The zero-order valence-corrected chi connectivity index (χ0v) is 7.67. The molecule has 0 rings (SSSR count). The van der Waals surface area contributed by atoms with Crippen LogP contribution >= 0.6 is 0 Å². The summed E-state index contributed by atoms with van der Waals surface area (Å²) in [5.41, 5.74) is 0. The fourth-order valence-electron chi connectivity index (χ4n) is 0.685. The van der Waals surface area contributed by atoms with Gasteiger partial charge in [-0.15, -0.1) is 0 Å². The van der Waals surface area contributed by atoms with Crippen LogP contribution in [0, 0.1) is 0 Å². The Hall–Kier alpha value is -0.340. The van der Waals surface area contributed by atoms with E-state index in [-0.39, 0.29) is 6.10 Å². The van der Waals surface area contributed by atoms with Crippen LogP contribution in [0.15, 0.2) is 12.2 Å². The van der Waals surface area contributed by atoms with Gasteiger partial charge >= 0.3 is 0 Å². The van der Waals surface area contributed by atoms with E-state index in [0.717, 1.165) is 13.0 Å². The maximum atomic E-state index is 5.28. The summed E-state index contributed by atoms with van der Waals surface area (Å²) in [5.74, 6) is 0. The Morgan fingerprint density at radius 1 is 1.45 bits per heavy atom. The van der Waals surface area contributed by atoms with Gasteiger partial charge in [0, 0.05) is 6.61 Å². The third-order valence-electron chi connectivity index (χ3n) is 1.23. The van der Waals surface area contributed by atoms with E-state index in [2.05, 4.69) is 6.92 Å². The smallest absolute Gasteiger partial charge is 0.147 e. The van der Waals surface area contributed by atoms with E-state index in [1.54, 1.807) is 0 Å². The molecule has 1 unspecified atom stereocenters. The van der Waals surface area contributed by atoms with Crippen LogP contribution in [0.3, 0.4) is 0 Å². The molecule has 0 aromatic carbocycles. The first-order chi connectivity index (χ1) is 5.31. The van der Waals surface area contributed by atoms with Gasteiger partial charge in [0.2, 0.25) is 0 Å². The molecule has 2 nitrogen and oxygen atoms in total. The lowest BCUT2D eigenvalue weighted by Gasteiger charge is -2.07. The molecule has 0 heterocycles. The molecule has 0 saturated carbocycles. The molecule has 0 amide bonds. The van der Waals surface area contributed by atoms with Crippen molar-refractivity contribution >= 4 is 0 Å². The Morgan fingerprint density at radius 3 is 2.73 bits per heavy atom. The summed E-state index contributed by atoms with van der Waals surface area (Å²) in [6.07, 6.45) is 5.18. The fourth-order valence-corrected chi connectivity index (χ4v) is 0.685. The van der Waals surface area contributed by atoms with Gasteiger partial charge in [0.1, 0.15) is 6.79 Å². The average Bonchev–Trinajstić information content (AvgIpc) is 1.99. The van der Waals surface area contributed by atoms with Crippen molar-refractivity contribution in [3.8, 4) is 0 Å². The second kappa shape index (κ2) is 7.76. The summed E-state index contributed by atoms with van der Waals surface area (Å²) in [6.45, 7) is 7.24. The van der Waals surface area contributed by atoms with Gasteiger partial charge in [-0.2, -0.15) is 0 Å². The van der Waals surface area contributed by atoms with Gasteiger partial charge in [-0.3, -0.25) is 0 Å². The second-order valence-electron chi connectivity index (χ2n) is 2.42. The van der Waals surface area contributed by atoms with Crippen LogP contribution < -0.4 is 0 Å². The number of rotatable bonds is 6. The summed E-state index contributed by atoms with van der Waals surface area (Å²) in [6, 6.07) is 0. The van der Waals surface area contributed by atoms with Crippen molar-refractivity contribution in [3.05, 3.63) is 12.2 Å². The van der Waals surface area contributed by atoms with E-state index in [9.17, 15) is 0 Å². The molecule has 66 valence electrons. The molecule has 0 bridgehead atoms. The number of hydrogen-bond acceptors (Lipinski definition) is 2. The van der Waals surface area contributed by atoms with Crippen molar-refractivity contribution < 1.29 is 9.47 Å². The molecule has 0 aromatic rings. The first kappa shape index (κ1) is 10.7. The highest BCUT2D eigenvalue weighted by molar-refractivity contribution is 4.83. The largest absolute Gasteiger partial charge is 0.355 e. The molecule has 0 aliphatic carbocycles. The molecule has 0 aliphatic rings. The lowest BCUT2D eigenvalue weighted by Crippen LogP contribution is -2.08. The van der Waals surface area contributed by atoms with Gasteiger partial charge in [-0.1, -0.05) is 19.1 Å². The maximum Gasteiger partial charge on any atom is 0.147 e. The lowest BCUT2D eigenvalue weighted by atomic mass is 10.4. The quantitative estimate of drug-likeness (QED) is 0.335. The van der Waals surface area contributed by atoms with Crippen LogP contribution in [0.4, 0.5) is 0 Å². The minimum atomic E-state index is 0.164.